The Morgan fingerprint density at radius 3 is 2.80 bits per heavy atom. The molecule has 0 spiro atoms. The molecule has 0 saturated heterocycles. The molecule has 0 unspecified atom stereocenters. The van der Waals surface area contributed by atoms with Crippen molar-refractivity contribution in [3.05, 3.63) is 48.8 Å². The molecule has 0 aliphatic rings. The molecule has 25 heavy (non-hydrogen) atoms. The number of hydrogen-bond acceptors (Lipinski definition) is 6. The predicted octanol–water partition coefficient (Wildman–Crippen LogP) is 4.80. The van der Waals surface area contributed by atoms with Gasteiger partial charge in [0.15, 0.2) is 0 Å². The molecule has 2 heterocycles. The lowest BCUT2D eigenvalue weighted by Gasteiger charge is -2.12. The highest BCUT2D eigenvalue weighted by atomic mass is 32.2. The molecular weight excluding hydrogens is 350 g/mol. The van der Waals surface area contributed by atoms with Crippen molar-refractivity contribution >= 4 is 57.2 Å². The van der Waals surface area contributed by atoms with E-state index in [0.29, 0.717) is 0 Å². The van der Waals surface area contributed by atoms with Crippen molar-refractivity contribution in [2.45, 2.75) is 9.79 Å². The van der Waals surface area contributed by atoms with E-state index in [1.807, 2.05) is 19.2 Å². The maximum Gasteiger partial charge on any atom is 0.143 e. The van der Waals surface area contributed by atoms with Crippen molar-refractivity contribution in [2.75, 3.05) is 18.6 Å². The van der Waals surface area contributed by atoms with Crippen LogP contribution in [-0.2, 0) is 0 Å². The minimum Gasteiger partial charge on any atom is -0.339 e. The third kappa shape index (κ3) is 3.06. The van der Waals surface area contributed by atoms with E-state index < -0.39 is 0 Å². The third-order valence-corrected chi connectivity index (χ3v) is 5.43. The standard InChI is InChI=1S/C18H17N5S2/c1-19-25-11-7-8-15(24-2)14(9-11)23-18-16-12-5-3-4-6-13(12)22-17(16)20-10-21-18/h3-10,19H,1-2H3,(H2,20,21,22,23). The molecule has 2 aromatic heterocycles. The van der Waals surface area contributed by atoms with E-state index in [4.69, 9.17) is 0 Å². The molecule has 0 saturated carbocycles. The highest BCUT2D eigenvalue weighted by molar-refractivity contribution is 7.98. The van der Waals surface area contributed by atoms with Crippen LogP contribution in [0.2, 0.25) is 0 Å². The number of rotatable bonds is 5. The van der Waals surface area contributed by atoms with Crippen LogP contribution in [0.25, 0.3) is 21.9 Å². The Hall–Kier alpha value is -2.22. The Morgan fingerprint density at radius 2 is 1.96 bits per heavy atom. The second kappa shape index (κ2) is 6.95. The summed E-state index contributed by atoms with van der Waals surface area (Å²) < 4.78 is 3.11. The summed E-state index contributed by atoms with van der Waals surface area (Å²) in [5.74, 6) is 0.810. The minimum absolute atomic E-state index is 0.810. The first kappa shape index (κ1) is 16.3. The van der Waals surface area contributed by atoms with Crippen molar-refractivity contribution in [2.24, 2.45) is 0 Å². The van der Waals surface area contributed by atoms with Gasteiger partial charge in [-0.25, -0.2) is 9.97 Å². The van der Waals surface area contributed by atoms with Crippen LogP contribution in [0.5, 0.6) is 0 Å². The fourth-order valence-electron chi connectivity index (χ4n) is 2.86. The average molecular weight is 368 g/mol. The number of nitrogens with zero attached hydrogens (tertiary/aromatic N) is 2. The Bertz CT molecular complexity index is 1040. The maximum absolute atomic E-state index is 4.50. The van der Waals surface area contributed by atoms with Crippen molar-refractivity contribution < 1.29 is 0 Å². The summed E-state index contributed by atoms with van der Waals surface area (Å²) in [7, 11) is 1.92. The van der Waals surface area contributed by atoms with Gasteiger partial charge in [-0.3, -0.25) is 4.72 Å². The van der Waals surface area contributed by atoms with Crippen LogP contribution in [0.3, 0.4) is 0 Å². The van der Waals surface area contributed by atoms with E-state index in [1.54, 1.807) is 30.0 Å². The van der Waals surface area contributed by atoms with Crippen LogP contribution >= 0.6 is 23.7 Å². The topological polar surface area (TPSA) is 65.6 Å². The van der Waals surface area contributed by atoms with E-state index >= 15 is 0 Å². The van der Waals surface area contributed by atoms with Crippen molar-refractivity contribution in [1.29, 1.82) is 0 Å². The van der Waals surface area contributed by atoms with E-state index in [0.717, 1.165) is 38.3 Å². The molecule has 0 bridgehead atoms. The zero-order valence-electron chi connectivity index (χ0n) is 13.8. The quantitative estimate of drug-likeness (QED) is 0.348. The van der Waals surface area contributed by atoms with Crippen molar-refractivity contribution in [1.82, 2.24) is 19.7 Å². The first-order chi connectivity index (χ1) is 12.3. The number of fused-ring (bicyclic) bond motifs is 3. The van der Waals surface area contributed by atoms with E-state index in [1.165, 1.54) is 4.90 Å². The fourth-order valence-corrected chi connectivity index (χ4v) is 3.94. The van der Waals surface area contributed by atoms with Gasteiger partial charge >= 0.3 is 0 Å². The monoisotopic (exact) mass is 367 g/mol. The number of anilines is 2. The molecule has 2 aromatic carbocycles. The summed E-state index contributed by atoms with van der Waals surface area (Å²) in [6.07, 6.45) is 3.66. The second-order valence-corrected chi connectivity index (χ2v) is 7.34. The van der Waals surface area contributed by atoms with Gasteiger partial charge in [-0.05, 0) is 49.5 Å². The van der Waals surface area contributed by atoms with Gasteiger partial charge in [-0.1, -0.05) is 18.2 Å². The Balaban J connectivity index is 1.84. The summed E-state index contributed by atoms with van der Waals surface area (Å²) in [6.45, 7) is 0. The third-order valence-electron chi connectivity index (χ3n) is 3.94. The maximum atomic E-state index is 4.50. The van der Waals surface area contributed by atoms with Gasteiger partial charge in [0.05, 0.1) is 11.1 Å². The Labute approximate surface area is 154 Å². The van der Waals surface area contributed by atoms with Crippen LogP contribution in [-0.4, -0.2) is 28.3 Å². The molecule has 0 atom stereocenters. The highest BCUT2D eigenvalue weighted by Crippen LogP contribution is 2.35. The molecule has 126 valence electrons. The first-order valence-electron chi connectivity index (χ1n) is 7.80. The number of hydrogen-bond donors (Lipinski definition) is 3. The lowest BCUT2D eigenvalue weighted by molar-refractivity contribution is 1.19. The van der Waals surface area contributed by atoms with Crippen molar-refractivity contribution in [3.8, 4) is 0 Å². The van der Waals surface area contributed by atoms with Gasteiger partial charge in [0.2, 0.25) is 0 Å². The van der Waals surface area contributed by atoms with E-state index in [2.05, 4.69) is 61.6 Å². The minimum atomic E-state index is 0.810. The zero-order valence-corrected chi connectivity index (χ0v) is 15.5. The first-order valence-corrected chi connectivity index (χ1v) is 9.84. The van der Waals surface area contributed by atoms with E-state index in [9.17, 15) is 0 Å². The van der Waals surface area contributed by atoms with Gasteiger partial charge in [-0.15, -0.1) is 11.8 Å². The number of nitrogens with one attached hydrogen (secondary N) is 3. The number of thioether (sulfide) groups is 1. The number of H-pyrrole nitrogens is 1. The Kier molecular flexibility index (Phi) is 4.52. The zero-order chi connectivity index (χ0) is 17.2. The molecular formula is C18H17N5S2. The summed E-state index contributed by atoms with van der Waals surface area (Å²) in [5.41, 5.74) is 2.94. The molecule has 4 aromatic rings. The summed E-state index contributed by atoms with van der Waals surface area (Å²) >= 11 is 3.30. The van der Waals surface area contributed by atoms with Crippen LogP contribution in [0.1, 0.15) is 0 Å². The summed E-state index contributed by atoms with van der Waals surface area (Å²) in [6, 6.07) is 14.6. The fraction of sp³-hybridized carbons (Fsp3) is 0.111. The molecule has 7 heteroatoms. The number of aromatic nitrogens is 3. The van der Waals surface area contributed by atoms with Crippen molar-refractivity contribution in [3.63, 3.8) is 0 Å². The number of para-hydroxylation sites is 1. The summed E-state index contributed by atoms with van der Waals surface area (Å²) in [4.78, 5) is 14.6. The lowest BCUT2D eigenvalue weighted by atomic mass is 10.2. The second-order valence-electron chi connectivity index (χ2n) is 5.41. The van der Waals surface area contributed by atoms with Gasteiger partial charge in [0, 0.05) is 20.7 Å². The van der Waals surface area contributed by atoms with Crippen LogP contribution in [0.4, 0.5) is 11.5 Å². The number of aromatic amines is 1. The molecule has 0 amide bonds. The molecule has 4 rings (SSSR count). The normalized spacial score (nSPS) is 11.3. The van der Waals surface area contributed by atoms with E-state index in [-0.39, 0.29) is 0 Å². The van der Waals surface area contributed by atoms with Crippen LogP contribution in [0.15, 0.2) is 58.6 Å². The molecule has 0 aliphatic heterocycles. The van der Waals surface area contributed by atoms with Crippen LogP contribution < -0.4 is 10.0 Å². The lowest BCUT2D eigenvalue weighted by Crippen LogP contribution is -1.98. The average Bonchev–Trinajstić information content (AvgIpc) is 3.02. The molecule has 3 N–H and O–H groups in total. The number of benzene rings is 2. The SMILES string of the molecule is CNSc1ccc(SC)c(Nc2ncnc3[nH]c4ccccc4c23)c1. The van der Waals surface area contributed by atoms with Gasteiger partial charge < -0.3 is 10.3 Å². The van der Waals surface area contributed by atoms with Crippen LogP contribution in [0, 0.1) is 0 Å². The molecule has 0 radical (unpaired) electrons. The molecule has 0 aliphatic carbocycles. The summed E-state index contributed by atoms with van der Waals surface area (Å²) in [5, 5.41) is 5.64. The van der Waals surface area contributed by atoms with Gasteiger partial charge in [-0.2, -0.15) is 0 Å². The largest absolute Gasteiger partial charge is 0.339 e. The van der Waals surface area contributed by atoms with Gasteiger partial charge in [0.1, 0.15) is 17.8 Å². The van der Waals surface area contributed by atoms with Gasteiger partial charge in [0.25, 0.3) is 0 Å². The molecule has 0 fully saturated rings. The highest BCUT2D eigenvalue weighted by Gasteiger charge is 2.12. The smallest absolute Gasteiger partial charge is 0.143 e. The molecule has 5 nitrogen and oxygen atoms in total. The predicted molar refractivity (Wildman–Crippen MR) is 108 cm³/mol. The Morgan fingerprint density at radius 1 is 1.08 bits per heavy atom.